The fourth-order valence-corrected chi connectivity index (χ4v) is 2.69. The fraction of sp³-hybridized carbons (Fsp3) is 0.294. The van der Waals surface area contributed by atoms with Gasteiger partial charge >= 0.3 is 0 Å². The molecule has 0 radical (unpaired) electrons. The number of alkyl halides is 1. The van der Waals surface area contributed by atoms with Gasteiger partial charge in [0.15, 0.2) is 0 Å². The highest BCUT2D eigenvalue weighted by atomic mass is 79.9. The van der Waals surface area contributed by atoms with Crippen molar-refractivity contribution in [1.29, 1.82) is 0 Å². The monoisotopic (exact) mass is 354 g/mol. The van der Waals surface area contributed by atoms with E-state index in [4.69, 9.17) is 4.74 Å². The van der Waals surface area contributed by atoms with Gasteiger partial charge in [0.05, 0.1) is 10.9 Å². The topological polar surface area (TPSA) is 9.23 Å². The SMILES string of the molecule is Cc1cc(F)c(C(Br)c2cccc(OC(C)C)c2)cc1F. The molecule has 0 N–H and O–H groups in total. The zero-order chi connectivity index (χ0) is 15.6. The molecular weight excluding hydrogens is 338 g/mol. The molecule has 112 valence electrons. The molecule has 0 saturated heterocycles. The Labute approximate surface area is 132 Å². The number of benzene rings is 2. The average molecular weight is 355 g/mol. The molecule has 2 rings (SSSR count). The standard InChI is InChI=1S/C17H17BrF2O/c1-10(2)21-13-6-4-5-12(8-13)17(18)14-9-15(19)11(3)7-16(14)20/h4-10,17H,1-3H3. The van der Waals surface area contributed by atoms with Gasteiger partial charge in [-0.15, -0.1) is 0 Å². The number of halogens is 3. The minimum absolute atomic E-state index is 0.0579. The van der Waals surface area contributed by atoms with Crippen molar-refractivity contribution in [3.05, 3.63) is 64.7 Å². The third kappa shape index (κ3) is 3.82. The summed E-state index contributed by atoms with van der Waals surface area (Å²) in [4.78, 5) is -0.427. The highest BCUT2D eigenvalue weighted by Gasteiger charge is 2.17. The second kappa shape index (κ2) is 6.56. The predicted octanol–water partition coefficient (Wildman–Crippen LogP) is 5.54. The van der Waals surface area contributed by atoms with Crippen LogP contribution >= 0.6 is 15.9 Å². The quantitative estimate of drug-likeness (QED) is 0.654. The van der Waals surface area contributed by atoms with Crippen molar-refractivity contribution in [3.63, 3.8) is 0 Å². The molecule has 0 aliphatic carbocycles. The lowest BCUT2D eigenvalue weighted by Gasteiger charge is -2.15. The summed E-state index contributed by atoms with van der Waals surface area (Å²) < 4.78 is 33.3. The Kier molecular flexibility index (Phi) is 4.99. The molecule has 2 aromatic carbocycles. The van der Waals surface area contributed by atoms with E-state index in [9.17, 15) is 8.78 Å². The molecule has 0 aromatic heterocycles. The number of hydrogen-bond donors (Lipinski definition) is 0. The maximum Gasteiger partial charge on any atom is 0.128 e. The smallest absolute Gasteiger partial charge is 0.128 e. The molecule has 0 aliphatic heterocycles. The van der Waals surface area contributed by atoms with Crippen LogP contribution in [0, 0.1) is 18.6 Å². The molecule has 0 fully saturated rings. The first-order chi connectivity index (χ1) is 9.88. The van der Waals surface area contributed by atoms with Gasteiger partial charge in [0.25, 0.3) is 0 Å². The Morgan fingerprint density at radius 1 is 1.05 bits per heavy atom. The van der Waals surface area contributed by atoms with E-state index in [1.807, 2.05) is 38.1 Å². The Hall–Kier alpha value is -1.42. The second-order valence-electron chi connectivity index (χ2n) is 5.22. The summed E-state index contributed by atoms with van der Waals surface area (Å²) in [5.74, 6) is -0.128. The van der Waals surface area contributed by atoms with Crippen LogP contribution in [-0.4, -0.2) is 6.10 Å². The number of rotatable bonds is 4. The zero-order valence-corrected chi connectivity index (χ0v) is 13.7. The van der Waals surface area contributed by atoms with Gasteiger partial charge in [-0.2, -0.15) is 0 Å². The summed E-state index contributed by atoms with van der Waals surface area (Å²) in [7, 11) is 0. The van der Waals surface area contributed by atoms with Crippen molar-refractivity contribution < 1.29 is 13.5 Å². The number of hydrogen-bond acceptors (Lipinski definition) is 1. The molecule has 0 heterocycles. The maximum atomic E-state index is 14.0. The maximum absolute atomic E-state index is 14.0. The van der Waals surface area contributed by atoms with E-state index in [-0.39, 0.29) is 11.7 Å². The van der Waals surface area contributed by atoms with Gasteiger partial charge in [0.2, 0.25) is 0 Å². The van der Waals surface area contributed by atoms with Crippen LogP contribution in [-0.2, 0) is 0 Å². The van der Waals surface area contributed by atoms with Gasteiger partial charge in [-0.05, 0) is 56.2 Å². The van der Waals surface area contributed by atoms with Gasteiger partial charge in [-0.1, -0.05) is 28.1 Å². The first kappa shape index (κ1) is 16.0. The lowest BCUT2D eigenvalue weighted by atomic mass is 10.0. The van der Waals surface area contributed by atoms with Crippen LogP contribution in [0.15, 0.2) is 36.4 Å². The molecule has 1 unspecified atom stereocenters. The molecule has 21 heavy (non-hydrogen) atoms. The molecule has 1 atom stereocenters. The largest absolute Gasteiger partial charge is 0.491 e. The minimum Gasteiger partial charge on any atom is -0.491 e. The third-order valence-corrected chi connectivity index (χ3v) is 4.10. The highest BCUT2D eigenvalue weighted by Crippen LogP contribution is 2.35. The molecule has 0 amide bonds. The first-order valence-electron chi connectivity index (χ1n) is 6.74. The Bertz CT molecular complexity index is 641. The van der Waals surface area contributed by atoms with E-state index < -0.39 is 16.5 Å². The van der Waals surface area contributed by atoms with Crippen molar-refractivity contribution in [2.24, 2.45) is 0 Å². The molecule has 4 heteroatoms. The van der Waals surface area contributed by atoms with Crippen LogP contribution in [0.25, 0.3) is 0 Å². The van der Waals surface area contributed by atoms with E-state index in [1.165, 1.54) is 12.1 Å². The second-order valence-corrected chi connectivity index (χ2v) is 6.14. The van der Waals surface area contributed by atoms with Crippen molar-refractivity contribution in [3.8, 4) is 5.75 Å². The van der Waals surface area contributed by atoms with E-state index in [0.717, 1.165) is 5.56 Å². The van der Waals surface area contributed by atoms with Crippen LogP contribution in [0.1, 0.15) is 35.4 Å². The highest BCUT2D eigenvalue weighted by molar-refractivity contribution is 9.09. The van der Waals surface area contributed by atoms with Crippen molar-refractivity contribution in [2.75, 3.05) is 0 Å². The summed E-state index contributed by atoms with van der Waals surface area (Å²) in [5.41, 5.74) is 1.39. The van der Waals surface area contributed by atoms with Gasteiger partial charge in [0.1, 0.15) is 17.4 Å². The first-order valence-corrected chi connectivity index (χ1v) is 7.66. The normalized spacial score (nSPS) is 12.5. The summed E-state index contributed by atoms with van der Waals surface area (Å²) in [6.45, 7) is 5.42. The van der Waals surface area contributed by atoms with Crippen LogP contribution in [0.3, 0.4) is 0 Å². The van der Waals surface area contributed by atoms with Crippen LogP contribution in [0.5, 0.6) is 5.75 Å². The number of ether oxygens (including phenoxy) is 1. The fourth-order valence-electron chi connectivity index (χ4n) is 2.05. The number of aryl methyl sites for hydroxylation is 1. The van der Waals surface area contributed by atoms with Gasteiger partial charge in [-0.3, -0.25) is 0 Å². The van der Waals surface area contributed by atoms with Crippen molar-refractivity contribution in [2.45, 2.75) is 31.7 Å². The molecule has 0 saturated carbocycles. The summed E-state index contributed by atoms with van der Waals surface area (Å²) in [6.07, 6.45) is 0.0579. The molecular formula is C17H17BrF2O. The van der Waals surface area contributed by atoms with E-state index in [0.29, 0.717) is 11.3 Å². The third-order valence-electron chi connectivity index (χ3n) is 3.07. The lowest BCUT2D eigenvalue weighted by molar-refractivity contribution is 0.242. The van der Waals surface area contributed by atoms with E-state index in [1.54, 1.807) is 6.92 Å². The zero-order valence-electron chi connectivity index (χ0n) is 12.2. The minimum atomic E-state index is -0.427. The lowest BCUT2D eigenvalue weighted by Crippen LogP contribution is -2.06. The van der Waals surface area contributed by atoms with E-state index >= 15 is 0 Å². The Morgan fingerprint density at radius 2 is 1.76 bits per heavy atom. The van der Waals surface area contributed by atoms with Gasteiger partial charge in [-0.25, -0.2) is 8.78 Å². The van der Waals surface area contributed by atoms with E-state index in [2.05, 4.69) is 15.9 Å². The van der Waals surface area contributed by atoms with Crippen molar-refractivity contribution >= 4 is 15.9 Å². The molecule has 0 aliphatic rings. The Balaban J connectivity index is 2.36. The van der Waals surface area contributed by atoms with Crippen molar-refractivity contribution in [1.82, 2.24) is 0 Å². The molecule has 1 nitrogen and oxygen atoms in total. The van der Waals surface area contributed by atoms with Crippen LogP contribution in [0.4, 0.5) is 8.78 Å². The molecule has 2 aromatic rings. The summed E-state index contributed by atoms with van der Waals surface area (Å²) >= 11 is 3.44. The summed E-state index contributed by atoms with van der Waals surface area (Å²) in [6, 6.07) is 9.81. The predicted molar refractivity (Wildman–Crippen MR) is 84.1 cm³/mol. The van der Waals surface area contributed by atoms with Gasteiger partial charge < -0.3 is 4.74 Å². The van der Waals surface area contributed by atoms with Gasteiger partial charge in [0, 0.05) is 5.56 Å². The molecule has 0 bridgehead atoms. The Morgan fingerprint density at radius 3 is 2.43 bits per heavy atom. The summed E-state index contributed by atoms with van der Waals surface area (Å²) in [5, 5.41) is 0. The van der Waals surface area contributed by atoms with Crippen LogP contribution < -0.4 is 4.74 Å². The van der Waals surface area contributed by atoms with Crippen LogP contribution in [0.2, 0.25) is 0 Å². The average Bonchev–Trinajstić information content (AvgIpc) is 2.41. The molecule has 0 spiro atoms.